The predicted octanol–water partition coefficient (Wildman–Crippen LogP) is 3.56. The summed E-state index contributed by atoms with van der Waals surface area (Å²) in [6.45, 7) is -0.632. The van der Waals surface area contributed by atoms with Gasteiger partial charge in [-0.3, -0.25) is 0 Å². The predicted molar refractivity (Wildman–Crippen MR) is 68.9 cm³/mol. The number of alkyl halides is 3. The van der Waals surface area contributed by atoms with Gasteiger partial charge in [-0.2, -0.15) is 13.2 Å². The topological polar surface area (TPSA) is 41.5 Å². The van der Waals surface area contributed by atoms with E-state index in [-0.39, 0.29) is 0 Å². The minimum atomic E-state index is -4.64. The fourth-order valence-corrected chi connectivity index (χ4v) is 2.44. The molecular formula is C10H10Br2F3NO2. The van der Waals surface area contributed by atoms with Crippen LogP contribution >= 0.6 is 31.9 Å². The zero-order valence-corrected chi connectivity index (χ0v) is 12.4. The summed E-state index contributed by atoms with van der Waals surface area (Å²) in [5.74, 6) is 0.474. The average Bonchev–Trinajstić information content (AvgIpc) is 2.26. The van der Waals surface area contributed by atoms with Crippen molar-refractivity contribution < 1.29 is 23.0 Å². The van der Waals surface area contributed by atoms with Gasteiger partial charge in [-0.15, -0.1) is 0 Å². The SMILES string of the molecule is COc1cc(NCC(O)C(F)(F)F)c(Br)cc1Br. The van der Waals surface area contributed by atoms with Crippen LogP contribution in [0.2, 0.25) is 0 Å². The Kier molecular flexibility index (Phi) is 5.30. The molecule has 18 heavy (non-hydrogen) atoms. The lowest BCUT2D eigenvalue weighted by molar-refractivity contribution is -0.198. The molecule has 102 valence electrons. The third kappa shape index (κ3) is 4.03. The van der Waals surface area contributed by atoms with Crippen molar-refractivity contribution in [3.8, 4) is 5.75 Å². The number of benzene rings is 1. The Hall–Kier alpha value is -0.470. The van der Waals surface area contributed by atoms with Crippen molar-refractivity contribution in [3.05, 3.63) is 21.1 Å². The smallest absolute Gasteiger partial charge is 0.416 e. The Morgan fingerprint density at radius 2 is 1.94 bits per heavy atom. The van der Waals surface area contributed by atoms with Crippen molar-refractivity contribution in [1.29, 1.82) is 0 Å². The van der Waals surface area contributed by atoms with E-state index >= 15 is 0 Å². The summed E-state index contributed by atoms with van der Waals surface area (Å²) in [6, 6.07) is 3.17. The number of halogens is 5. The van der Waals surface area contributed by atoms with Gasteiger partial charge in [-0.1, -0.05) is 0 Å². The van der Waals surface area contributed by atoms with Gasteiger partial charge < -0.3 is 15.2 Å². The Labute approximate surface area is 119 Å². The fraction of sp³-hybridized carbons (Fsp3) is 0.400. The highest BCUT2D eigenvalue weighted by Gasteiger charge is 2.37. The Balaban J connectivity index is 2.79. The third-order valence-electron chi connectivity index (χ3n) is 2.11. The van der Waals surface area contributed by atoms with E-state index in [2.05, 4.69) is 37.2 Å². The molecule has 0 radical (unpaired) electrons. The van der Waals surface area contributed by atoms with Crippen LogP contribution in [-0.2, 0) is 0 Å². The first-order chi connectivity index (χ1) is 8.25. The van der Waals surface area contributed by atoms with Gasteiger partial charge in [0.1, 0.15) is 5.75 Å². The van der Waals surface area contributed by atoms with Crippen molar-refractivity contribution in [2.75, 3.05) is 19.0 Å². The summed E-state index contributed by atoms with van der Waals surface area (Å²) in [5, 5.41) is 11.4. The number of nitrogens with one attached hydrogen (secondary N) is 1. The van der Waals surface area contributed by atoms with E-state index in [4.69, 9.17) is 9.84 Å². The van der Waals surface area contributed by atoms with Crippen molar-refractivity contribution >= 4 is 37.5 Å². The molecule has 0 aliphatic heterocycles. The van der Waals surface area contributed by atoms with Gasteiger partial charge >= 0.3 is 6.18 Å². The number of ether oxygens (including phenoxy) is 1. The first kappa shape index (κ1) is 15.6. The molecule has 0 spiro atoms. The maximum atomic E-state index is 12.1. The molecule has 0 saturated heterocycles. The van der Waals surface area contributed by atoms with Crippen LogP contribution in [0.3, 0.4) is 0 Å². The highest BCUT2D eigenvalue weighted by Crippen LogP contribution is 2.34. The standard InChI is InChI=1S/C10H10Br2F3NO2/c1-18-8-3-7(5(11)2-6(8)12)16-4-9(17)10(13,14)15/h2-3,9,16-17H,4H2,1H3. The van der Waals surface area contributed by atoms with Crippen molar-refractivity contribution in [2.45, 2.75) is 12.3 Å². The van der Waals surface area contributed by atoms with Crippen LogP contribution in [0.25, 0.3) is 0 Å². The molecule has 0 aliphatic rings. The lowest BCUT2D eigenvalue weighted by Crippen LogP contribution is -2.35. The minimum absolute atomic E-state index is 0.401. The van der Waals surface area contributed by atoms with E-state index in [0.717, 1.165) is 0 Å². The van der Waals surface area contributed by atoms with Crippen molar-refractivity contribution in [1.82, 2.24) is 0 Å². The van der Waals surface area contributed by atoms with E-state index in [9.17, 15) is 13.2 Å². The Morgan fingerprint density at radius 1 is 1.33 bits per heavy atom. The molecular weight excluding hydrogens is 383 g/mol. The summed E-state index contributed by atoms with van der Waals surface area (Å²) >= 11 is 6.44. The van der Waals surface area contributed by atoms with Gasteiger partial charge in [0.25, 0.3) is 0 Å². The quantitative estimate of drug-likeness (QED) is 0.823. The largest absolute Gasteiger partial charge is 0.495 e. The highest BCUT2D eigenvalue weighted by atomic mass is 79.9. The summed E-state index contributed by atoms with van der Waals surface area (Å²) in [6.07, 6.45) is -7.06. The monoisotopic (exact) mass is 391 g/mol. The zero-order chi connectivity index (χ0) is 13.9. The molecule has 0 aliphatic carbocycles. The molecule has 0 heterocycles. The molecule has 3 nitrogen and oxygen atoms in total. The molecule has 1 aromatic rings. The van der Waals surface area contributed by atoms with E-state index in [1.807, 2.05) is 0 Å². The lowest BCUT2D eigenvalue weighted by atomic mass is 10.2. The summed E-state index contributed by atoms with van der Waals surface area (Å²) in [4.78, 5) is 0. The van der Waals surface area contributed by atoms with Crippen LogP contribution < -0.4 is 10.1 Å². The van der Waals surface area contributed by atoms with Crippen LogP contribution in [0.15, 0.2) is 21.1 Å². The number of hydrogen-bond acceptors (Lipinski definition) is 3. The maximum Gasteiger partial charge on any atom is 0.416 e. The first-order valence-corrected chi connectivity index (χ1v) is 6.36. The first-order valence-electron chi connectivity index (χ1n) is 4.77. The van der Waals surface area contributed by atoms with Crippen LogP contribution in [0.4, 0.5) is 18.9 Å². The molecule has 0 fully saturated rings. The fourth-order valence-electron chi connectivity index (χ4n) is 1.14. The van der Waals surface area contributed by atoms with E-state index in [1.165, 1.54) is 13.2 Å². The highest BCUT2D eigenvalue weighted by molar-refractivity contribution is 9.11. The number of aliphatic hydroxyl groups excluding tert-OH is 1. The van der Waals surface area contributed by atoms with Crippen LogP contribution in [0.1, 0.15) is 0 Å². The van der Waals surface area contributed by atoms with Gasteiger partial charge in [0.15, 0.2) is 6.10 Å². The third-order valence-corrected chi connectivity index (χ3v) is 3.38. The normalized spacial score (nSPS) is 13.3. The minimum Gasteiger partial charge on any atom is -0.495 e. The van der Waals surface area contributed by atoms with E-state index in [1.54, 1.807) is 6.07 Å². The number of methoxy groups -OCH3 is 1. The molecule has 1 atom stereocenters. The number of anilines is 1. The number of hydrogen-bond donors (Lipinski definition) is 2. The van der Waals surface area contributed by atoms with Gasteiger partial charge in [-0.05, 0) is 37.9 Å². The molecule has 0 amide bonds. The lowest BCUT2D eigenvalue weighted by Gasteiger charge is -2.17. The van der Waals surface area contributed by atoms with Crippen molar-refractivity contribution in [3.63, 3.8) is 0 Å². The maximum absolute atomic E-state index is 12.1. The molecule has 1 rings (SSSR count). The molecule has 0 aromatic heterocycles. The van der Waals surface area contributed by atoms with Crippen LogP contribution in [0, 0.1) is 0 Å². The summed E-state index contributed by atoms with van der Waals surface area (Å²) < 4.78 is 42.6. The van der Waals surface area contributed by atoms with Gasteiger partial charge in [-0.25, -0.2) is 0 Å². The van der Waals surface area contributed by atoms with Crippen molar-refractivity contribution in [2.24, 2.45) is 0 Å². The molecule has 0 saturated carbocycles. The van der Waals surface area contributed by atoms with Crippen LogP contribution in [-0.4, -0.2) is 31.0 Å². The molecule has 8 heteroatoms. The summed E-state index contributed by atoms with van der Waals surface area (Å²) in [7, 11) is 1.45. The summed E-state index contributed by atoms with van der Waals surface area (Å²) in [5.41, 5.74) is 0.401. The second-order valence-corrected chi connectivity index (χ2v) is 5.11. The van der Waals surface area contributed by atoms with Gasteiger partial charge in [0, 0.05) is 17.1 Å². The molecule has 0 bridgehead atoms. The Morgan fingerprint density at radius 3 is 2.44 bits per heavy atom. The van der Waals surface area contributed by atoms with Gasteiger partial charge in [0.2, 0.25) is 0 Å². The average molecular weight is 393 g/mol. The number of rotatable bonds is 4. The van der Waals surface area contributed by atoms with Crippen LogP contribution in [0.5, 0.6) is 5.75 Å². The Bertz CT molecular complexity index is 426. The van der Waals surface area contributed by atoms with E-state index < -0.39 is 18.8 Å². The van der Waals surface area contributed by atoms with Gasteiger partial charge in [0.05, 0.1) is 17.3 Å². The number of aliphatic hydroxyl groups is 1. The second-order valence-electron chi connectivity index (χ2n) is 3.40. The molecule has 1 unspecified atom stereocenters. The molecule has 1 aromatic carbocycles. The zero-order valence-electron chi connectivity index (χ0n) is 9.18. The molecule has 2 N–H and O–H groups in total. The second kappa shape index (κ2) is 6.12. The van der Waals surface area contributed by atoms with E-state index in [0.29, 0.717) is 20.4 Å².